The fourth-order valence-electron chi connectivity index (χ4n) is 2.73. The molecule has 29 heavy (non-hydrogen) atoms. The Morgan fingerprint density at radius 1 is 0.966 bits per heavy atom. The number of hydrogen-bond acceptors (Lipinski definition) is 5. The van der Waals surface area contributed by atoms with Crippen LogP contribution in [0, 0.1) is 0 Å². The van der Waals surface area contributed by atoms with Crippen molar-refractivity contribution in [2.45, 2.75) is 24.9 Å². The van der Waals surface area contributed by atoms with Gasteiger partial charge in [0.15, 0.2) is 0 Å². The number of hydrogen-bond donors (Lipinski definition) is 4. The molecule has 1 heterocycles. The molecule has 1 fully saturated rings. The first kappa shape index (κ1) is 22.5. The molecule has 4 N–H and O–H groups in total. The molecule has 1 aliphatic rings. The van der Waals surface area contributed by atoms with Gasteiger partial charge in [0.2, 0.25) is 0 Å². The molecule has 2 atom stereocenters. The highest BCUT2D eigenvalue weighted by atomic mass is 16.5. The van der Waals surface area contributed by atoms with Crippen LogP contribution in [0.3, 0.4) is 0 Å². The van der Waals surface area contributed by atoms with Gasteiger partial charge in [-0.1, -0.05) is 36.4 Å². The van der Waals surface area contributed by atoms with Gasteiger partial charge in [0.25, 0.3) is 11.8 Å². The number of rotatable bonds is 7. The maximum atomic E-state index is 11.6. The summed E-state index contributed by atoms with van der Waals surface area (Å²) in [5, 5.41) is 23.2. The number of aliphatic hydroxyl groups excluding tert-OH is 2. The minimum atomic E-state index is -0.386. The fourth-order valence-corrected chi connectivity index (χ4v) is 2.73. The van der Waals surface area contributed by atoms with E-state index in [9.17, 15) is 9.59 Å². The van der Waals surface area contributed by atoms with Crippen LogP contribution in [0.5, 0.6) is 0 Å². The van der Waals surface area contributed by atoms with Gasteiger partial charge >= 0.3 is 0 Å². The molecule has 0 aromatic heterocycles. The van der Waals surface area contributed by atoms with Gasteiger partial charge in [-0.3, -0.25) is 9.59 Å². The van der Waals surface area contributed by atoms with Crippen LogP contribution in [0.4, 0.5) is 0 Å². The Bertz CT molecular complexity index is 733. The van der Waals surface area contributed by atoms with E-state index < -0.39 is 0 Å². The van der Waals surface area contributed by atoms with Crippen molar-refractivity contribution in [3.63, 3.8) is 0 Å². The van der Waals surface area contributed by atoms with Crippen LogP contribution in [0.1, 0.15) is 33.6 Å². The summed E-state index contributed by atoms with van der Waals surface area (Å²) < 4.78 is 5.18. The molecule has 0 saturated carbocycles. The zero-order valence-corrected chi connectivity index (χ0v) is 16.3. The predicted molar refractivity (Wildman–Crippen MR) is 110 cm³/mol. The maximum Gasteiger partial charge on any atom is 0.251 e. The number of carbonyl (C=O) groups is 2. The normalized spacial score (nSPS) is 16.3. The second kappa shape index (κ2) is 12.7. The molecule has 0 unspecified atom stereocenters. The molecule has 2 aromatic carbocycles. The molecule has 0 aliphatic carbocycles. The number of ether oxygens (including phenoxy) is 1. The smallest absolute Gasteiger partial charge is 0.251 e. The molecule has 3 rings (SSSR count). The van der Waals surface area contributed by atoms with Crippen LogP contribution in [0.2, 0.25) is 0 Å². The van der Waals surface area contributed by atoms with Crippen molar-refractivity contribution < 1.29 is 24.5 Å². The number of benzene rings is 2. The number of amides is 2. The Morgan fingerprint density at radius 2 is 1.55 bits per heavy atom. The quantitative estimate of drug-likeness (QED) is 0.561. The third-order valence-corrected chi connectivity index (χ3v) is 4.37. The summed E-state index contributed by atoms with van der Waals surface area (Å²) >= 11 is 0. The number of aliphatic hydroxyl groups is 2. The molecular weight excluding hydrogens is 372 g/mol. The zero-order valence-electron chi connectivity index (χ0n) is 16.3. The molecule has 2 amide bonds. The van der Waals surface area contributed by atoms with Gasteiger partial charge < -0.3 is 25.6 Å². The minimum absolute atomic E-state index is 0.0129. The monoisotopic (exact) mass is 400 g/mol. The van der Waals surface area contributed by atoms with Crippen molar-refractivity contribution in [2.24, 2.45) is 0 Å². The van der Waals surface area contributed by atoms with E-state index in [2.05, 4.69) is 10.6 Å². The van der Waals surface area contributed by atoms with E-state index in [4.69, 9.17) is 14.9 Å². The number of nitrogens with one attached hydrogen (secondary N) is 2. The van der Waals surface area contributed by atoms with Crippen molar-refractivity contribution in [3.05, 3.63) is 71.8 Å². The highest BCUT2D eigenvalue weighted by molar-refractivity contribution is 5.94. The molecule has 7 heteroatoms. The maximum absolute atomic E-state index is 11.6. The van der Waals surface area contributed by atoms with Crippen molar-refractivity contribution in [1.82, 2.24) is 10.6 Å². The summed E-state index contributed by atoms with van der Waals surface area (Å²) in [7, 11) is 0. The summed E-state index contributed by atoms with van der Waals surface area (Å²) in [6.45, 7) is 1.16. The van der Waals surface area contributed by atoms with Crippen LogP contribution in [-0.4, -0.2) is 60.5 Å². The lowest BCUT2D eigenvalue weighted by molar-refractivity contribution is 0.0902. The first-order valence-electron chi connectivity index (χ1n) is 9.65. The highest BCUT2D eigenvalue weighted by Crippen LogP contribution is 2.05. The lowest BCUT2D eigenvalue weighted by atomic mass is 10.2. The van der Waals surface area contributed by atoms with Crippen LogP contribution >= 0.6 is 0 Å². The summed E-state index contributed by atoms with van der Waals surface area (Å²) in [4.78, 5) is 23.2. The zero-order chi connectivity index (χ0) is 20.9. The highest BCUT2D eigenvalue weighted by Gasteiger charge is 2.18. The van der Waals surface area contributed by atoms with E-state index in [1.807, 2.05) is 36.4 Å². The summed E-state index contributed by atoms with van der Waals surface area (Å²) in [6.07, 6.45) is 1.27. The van der Waals surface area contributed by atoms with E-state index in [1.165, 1.54) is 0 Å². The molecule has 7 nitrogen and oxygen atoms in total. The van der Waals surface area contributed by atoms with E-state index >= 15 is 0 Å². The molecule has 0 radical (unpaired) electrons. The fraction of sp³-hybridized carbons (Fsp3) is 0.364. The van der Waals surface area contributed by atoms with Crippen LogP contribution < -0.4 is 10.6 Å². The SMILES string of the molecule is O=C(N[C@H](CO)CCO)c1ccccc1.O=C(N[C@H]1CCOC1)c1ccccc1. The van der Waals surface area contributed by atoms with Gasteiger partial charge in [0.1, 0.15) is 0 Å². The average Bonchev–Trinajstić information content (AvgIpc) is 3.28. The molecule has 1 saturated heterocycles. The van der Waals surface area contributed by atoms with Gasteiger partial charge in [0, 0.05) is 24.3 Å². The van der Waals surface area contributed by atoms with E-state index in [0.717, 1.165) is 13.0 Å². The van der Waals surface area contributed by atoms with Gasteiger partial charge in [0.05, 0.1) is 25.3 Å². The van der Waals surface area contributed by atoms with Crippen molar-refractivity contribution in [1.29, 1.82) is 0 Å². The molecule has 1 aliphatic heterocycles. The summed E-state index contributed by atoms with van der Waals surface area (Å²) in [5.41, 5.74) is 1.26. The Kier molecular flexibility index (Phi) is 9.85. The van der Waals surface area contributed by atoms with Crippen LogP contribution in [-0.2, 0) is 4.74 Å². The summed E-state index contributed by atoms with van der Waals surface area (Å²) in [6, 6.07) is 17.8. The standard InChI is InChI=1S/C11H15NO3.C11H13NO2/c13-7-6-10(8-14)12-11(15)9-4-2-1-3-5-9;13-11(9-4-2-1-3-5-9)12-10-6-7-14-8-10/h1-5,10,13-14H,6-8H2,(H,12,15);1-5,10H,6-8H2,(H,12,13)/t2*10-/m00/s1. The van der Waals surface area contributed by atoms with Crippen molar-refractivity contribution >= 4 is 11.8 Å². The van der Waals surface area contributed by atoms with E-state index in [0.29, 0.717) is 24.2 Å². The Labute approximate surface area is 170 Å². The molecule has 0 bridgehead atoms. The second-order valence-corrected chi connectivity index (χ2v) is 6.63. The Hall–Kier alpha value is -2.74. The van der Waals surface area contributed by atoms with Crippen LogP contribution in [0.15, 0.2) is 60.7 Å². The molecular formula is C22H28N2O5. The lowest BCUT2D eigenvalue weighted by Crippen LogP contribution is -2.38. The van der Waals surface area contributed by atoms with E-state index in [1.54, 1.807) is 24.3 Å². The minimum Gasteiger partial charge on any atom is -0.396 e. The first-order valence-corrected chi connectivity index (χ1v) is 9.65. The van der Waals surface area contributed by atoms with Gasteiger partial charge in [-0.05, 0) is 37.1 Å². The third-order valence-electron chi connectivity index (χ3n) is 4.37. The first-order chi connectivity index (χ1) is 14.1. The van der Waals surface area contributed by atoms with Crippen LogP contribution in [0.25, 0.3) is 0 Å². The Morgan fingerprint density at radius 3 is 2.03 bits per heavy atom. The lowest BCUT2D eigenvalue weighted by Gasteiger charge is -2.14. The number of carbonyl (C=O) groups excluding carboxylic acids is 2. The summed E-state index contributed by atoms with van der Waals surface area (Å²) in [5.74, 6) is -0.246. The molecule has 156 valence electrons. The van der Waals surface area contributed by atoms with E-state index in [-0.39, 0.29) is 37.1 Å². The van der Waals surface area contributed by atoms with Crippen molar-refractivity contribution in [2.75, 3.05) is 26.4 Å². The van der Waals surface area contributed by atoms with Crippen molar-refractivity contribution in [3.8, 4) is 0 Å². The third kappa shape index (κ3) is 8.03. The molecule has 0 spiro atoms. The van der Waals surface area contributed by atoms with Gasteiger partial charge in [-0.25, -0.2) is 0 Å². The largest absolute Gasteiger partial charge is 0.396 e. The second-order valence-electron chi connectivity index (χ2n) is 6.63. The molecule has 2 aromatic rings. The predicted octanol–water partition coefficient (Wildman–Crippen LogP) is 1.36. The topological polar surface area (TPSA) is 108 Å². The average molecular weight is 400 g/mol. The van der Waals surface area contributed by atoms with Gasteiger partial charge in [-0.2, -0.15) is 0 Å². The van der Waals surface area contributed by atoms with Gasteiger partial charge in [-0.15, -0.1) is 0 Å². The Balaban J connectivity index is 0.000000207.